The molecule has 1 aromatic carbocycles. The Hall–Kier alpha value is -2.81. The summed E-state index contributed by atoms with van der Waals surface area (Å²) in [5.74, 6) is 7.82. The summed E-state index contributed by atoms with van der Waals surface area (Å²) >= 11 is 0. The highest BCUT2D eigenvalue weighted by atomic mass is 16.5. The quantitative estimate of drug-likeness (QED) is 0.606. The molecule has 0 amide bonds. The van der Waals surface area contributed by atoms with Crippen molar-refractivity contribution in [3.63, 3.8) is 0 Å². The van der Waals surface area contributed by atoms with Gasteiger partial charge in [0, 0.05) is 5.56 Å². The summed E-state index contributed by atoms with van der Waals surface area (Å²) in [6, 6.07) is 8.79. The second-order valence-electron chi connectivity index (χ2n) is 3.37. The molecule has 2 rings (SSSR count). The molecule has 0 fully saturated rings. The highest BCUT2D eigenvalue weighted by Gasteiger charge is 2.12. The number of hydrogen-bond acceptors (Lipinski definition) is 5. The topological polar surface area (TPSA) is 83.0 Å². The molecule has 0 aliphatic heterocycles. The van der Waals surface area contributed by atoms with E-state index in [0.717, 1.165) is 4.68 Å². The summed E-state index contributed by atoms with van der Waals surface area (Å²) in [5.41, 5.74) is 0.298. The number of terminal acetylenes is 1. The van der Waals surface area contributed by atoms with Gasteiger partial charge in [0.2, 0.25) is 0 Å². The maximum atomic E-state index is 12.0. The summed E-state index contributed by atoms with van der Waals surface area (Å²) in [4.78, 5) is 12.0. The highest BCUT2D eigenvalue weighted by molar-refractivity contribution is 5.57. The van der Waals surface area contributed by atoms with Crippen molar-refractivity contribution in [2.45, 2.75) is 0 Å². The molecule has 0 atom stereocenters. The first kappa shape index (κ1) is 11.7. The van der Waals surface area contributed by atoms with E-state index < -0.39 is 5.56 Å². The molecule has 0 radical (unpaired) electrons. The van der Waals surface area contributed by atoms with Crippen LogP contribution in [-0.4, -0.2) is 21.5 Å². The zero-order chi connectivity index (χ0) is 13.0. The standard InChI is InChI=1S/C12H10N4O2/c1-2-8-18-12-15-14-10(11(17)16(12)13)9-6-4-3-5-7-9/h1,3-7H,8,13H2. The lowest BCUT2D eigenvalue weighted by molar-refractivity contribution is 0.318. The van der Waals surface area contributed by atoms with Gasteiger partial charge in [0.05, 0.1) is 0 Å². The average Bonchev–Trinajstić information content (AvgIpc) is 2.41. The van der Waals surface area contributed by atoms with Gasteiger partial charge in [-0.25, -0.2) is 0 Å². The molecule has 6 nitrogen and oxygen atoms in total. The van der Waals surface area contributed by atoms with E-state index in [9.17, 15) is 4.79 Å². The smallest absolute Gasteiger partial charge is 0.338 e. The molecule has 2 aromatic rings. The fraction of sp³-hybridized carbons (Fsp3) is 0.0833. The van der Waals surface area contributed by atoms with Crippen molar-refractivity contribution < 1.29 is 4.74 Å². The van der Waals surface area contributed by atoms with Crippen molar-refractivity contribution in [2.24, 2.45) is 0 Å². The van der Waals surface area contributed by atoms with Crippen LogP contribution in [0.3, 0.4) is 0 Å². The minimum atomic E-state index is -0.497. The Morgan fingerprint density at radius 1 is 1.33 bits per heavy atom. The first-order chi connectivity index (χ1) is 8.74. The van der Waals surface area contributed by atoms with Gasteiger partial charge in [-0.15, -0.1) is 11.5 Å². The van der Waals surface area contributed by atoms with Crippen LogP contribution in [0.25, 0.3) is 11.3 Å². The SMILES string of the molecule is C#CCOc1nnc(-c2ccccc2)c(=O)n1N. The molecule has 1 aromatic heterocycles. The van der Waals surface area contributed by atoms with Crippen LogP contribution >= 0.6 is 0 Å². The second kappa shape index (κ2) is 5.01. The summed E-state index contributed by atoms with van der Waals surface area (Å²) in [7, 11) is 0. The maximum absolute atomic E-state index is 12.0. The number of nitrogens with two attached hydrogens (primary N) is 1. The highest BCUT2D eigenvalue weighted by Crippen LogP contribution is 2.11. The molecule has 18 heavy (non-hydrogen) atoms. The van der Waals surface area contributed by atoms with E-state index in [4.69, 9.17) is 17.0 Å². The molecule has 0 saturated carbocycles. The van der Waals surface area contributed by atoms with Crippen molar-refractivity contribution in [3.05, 3.63) is 40.7 Å². The van der Waals surface area contributed by atoms with E-state index in [1.165, 1.54) is 0 Å². The third kappa shape index (κ3) is 2.15. The lowest BCUT2D eigenvalue weighted by atomic mass is 10.2. The van der Waals surface area contributed by atoms with Crippen LogP contribution in [0.4, 0.5) is 0 Å². The molecule has 2 N–H and O–H groups in total. The van der Waals surface area contributed by atoms with Gasteiger partial charge >= 0.3 is 11.6 Å². The molecule has 0 aliphatic rings. The number of nitrogens with zero attached hydrogens (tertiary/aromatic N) is 3. The summed E-state index contributed by atoms with van der Waals surface area (Å²) in [5, 5.41) is 7.53. The molecule has 1 heterocycles. The number of nitrogen functional groups attached to an aromatic ring is 1. The first-order valence-corrected chi connectivity index (χ1v) is 5.10. The molecular formula is C12H10N4O2. The normalized spacial score (nSPS) is 9.72. The number of ether oxygens (including phenoxy) is 1. The fourth-order valence-electron chi connectivity index (χ4n) is 1.37. The van der Waals surface area contributed by atoms with E-state index in [1.54, 1.807) is 24.3 Å². The molecule has 0 bridgehead atoms. The van der Waals surface area contributed by atoms with Gasteiger partial charge in [-0.2, -0.15) is 4.68 Å². The van der Waals surface area contributed by atoms with Gasteiger partial charge < -0.3 is 10.6 Å². The van der Waals surface area contributed by atoms with E-state index in [0.29, 0.717) is 5.56 Å². The molecular weight excluding hydrogens is 232 g/mol. The third-order valence-electron chi connectivity index (χ3n) is 2.19. The van der Waals surface area contributed by atoms with Crippen molar-refractivity contribution in [2.75, 3.05) is 12.4 Å². The van der Waals surface area contributed by atoms with E-state index in [-0.39, 0.29) is 18.3 Å². The molecule has 0 aliphatic carbocycles. The number of aromatic nitrogens is 3. The van der Waals surface area contributed by atoms with E-state index in [2.05, 4.69) is 16.1 Å². The first-order valence-electron chi connectivity index (χ1n) is 5.10. The molecule has 0 saturated heterocycles. The van der Waals surface area contributed by atoms with Crippen LogP contribution < -0.4 is 16.1 Å². The fourth-order valence-corrected chi connectivity index (χ4v) is 1.37. The molecule has 0 spiro atoms. The Morgan fingerprint density at radius 2 is 2.06 bits per heavy atom. The lowest BCUT2D eigenvalue weighted by Gasteiger charge is -2.06. The van der Waals surface area contributed by atoms with Gasteiger partial charge in [-0.05, 0) is 0 Å². The number of hydrogen-bond donors (Lipinski definition) is 1. The Balaban J connectivity index is 2.45. The van der Waals surface area contributed by atoms with Crippen molar-refractivity contribution in [1.29, 1.82) is 0 Å². The number of benzene rings is 1. The molecule has 0 unspecified atom stereocenters. The second-order valence-corrected chi connectivity index (χ2v) is 3.37. The Labute approximate surface area is 103 Å². The van der Waals surface area contributed by atoms with Crippen molar-refractivity contribution >= 4 is 0 Å². The monoisotopic (exact) mass is 242 g/mol. The van der Waals surface area contributed by atoms with E-state index >= 15 is 0 Å². The van der Waals surface area contributed by atoms with Crippen molar-refractivity contribution in [1.82, 2.24) is 14.9 Å². The minimum absolute atomic E-state index is 0.0317. The minimum Gasteiger partial charge on any atom is -0.449 e. The van der Waals surface area contributed by atoms with Crippen LogP contribution in [0.15, 0.2) is 35.1 Å². The lowest BCUT2D eigenvalue weighted by Crippen LogP contribution is -2.32. The third-order valence-corrected chi connectivity index (χ3v) is 2.19. The predicted molar refractivity (Wildman–Crippen MR) is 66.2 cm³/mol. The summed E-state index contributed by atoms with van der Waals surface area (Å²) in [6.07, 6.45) is 5.03. The largest absolute Gasteiger partial charge is 0.449 e. The molecule has 90 valence electrons. The van der Waals surface area contributed by atoms with E-state index in [1.807, 2.05) is 6.07 Å². The number of rotatable bonds is 3. The summed E-state index contributed by atoms with van der Waals surface area (Å²) in [6.45, 7) is -0.0317. The Bertz CT molecular complexity index is 643. The predicted octanol–water partition coefficient (Wildman–Crippen LogP) is 0.0311. The van der Waals surface area contributed by atoms with Crippen LogP contribution in [0.1, 0.15) is 0 Å². The van der Waals surface area contributed by atoms with Gasteiger partial charge in [0.1, 0.15) is 0 Å². The average molecular weight is 242 g/mol. The van der Waals surface area contributed by atoms with Crippen LogP contribution in [0, 0.1) is 12.3 Å². The zero-order valence-corrected chi connectivity index (χ0v) is 9.41. The Kier molecular flexibility index (Phi) is 3.25. The maximum Gasteiger partial charge on any atom is 0.338 e. The van der Waals surface area contributed by atoms with Crippen LogP contribution in [-0.2, 0) is 0 Å². The zero-order valence-electron chi connectivity index (χ0n) is 9.41. The van der Waals surface area contributed by atoms with Crippen molar-refractivity contribution in [3.8, 4) is 29.6 Å². The Morgan fingerprint density at radius 3 is 2.72 bits per heavy atom. The van der Waals surface area contributed by atoms with Gasteiger partial charge in [-0.1, -0.05) is 41.4 Å². The van der Waals surface area contributed by atoms with Gasteiger partial charge in [-0.3, -0.25) is 4.79 Å². The van der Waals surface area contributed by atoms with Crippen LogP contribution in [0.2, 0.25) is 0 Å². The van der Waals surface area contributed by atoms with Gasteiger partial charge in [0.25, 0.3) is 0 Å². The van der Waals surface area contributed by atoms with Gasteiger partial charge in [0.15, 0.2) is 12.3 Å². The molecule has 6 heteroatoms. The summed E-state index contributed by atoms with van der Waals surface area (Å²) < 4.78 is 5.77. The van der Waals surface area contributed by atoms with Crippen LogP contribution in [0.5, 0.6) is 6.01 Å².